The highest BCUT2D eigenvalue weighted by atomic mass is 28.4. The Labute approximate surface area is 233 Å². The number of amides is 1. The lowest BCUT2D eigenvalue weighted by Crippen LogP contribution is -2.54. The zero-order valence-electron chi connectivity index (χ0n) is 26.4. The molecule has 6 atom stereocenters. The fraction of sp³-hybridized carbons (Fsp3) is 0.964. The van der Waals surface area contributed by atoms with Crippen LogP contribution in [-0.4, -0.2) is 77.8 Å². The molecule has 0 saturated carbocycles. The van der Waals surface area contributed by atoms with Crippen molar-refractivity contribution in [3.05, 3.63) is 0 Å². The molecule has 0 radical (unpaired) electrons. The highest BCUT2D eigenvalue weighted by Gasteiger charge is 2.54. The van der Waals surface area contributed by atoms with Crippen LogP contribution in [0.1, 0.15) is 75.7 Å². The second kappa shape index (κ2) is 10.5. The van der Waals surface area contributed by atoms with Gasteiger partial charge >= 0.3 is 0 Å². The van der Waals surface area contributed by atoms with Crippen molar-refractivity contribution >= 4 is 22.5 Å². The molecule has 0 unspecified atom stereocenters. The predicted molar refractivity (Wildman–Crippen MR) is 154 cm³/mol. The number of ether oxygens (including phenoxy) is 4. The molecule has 0 aromatic heterocycles. The van der Waals surface area contributed by atoms with E-state index in [9.17, 15) is 4.79 Å². The van der Waals surface area contributed by atoms with E-state index in [-0.39, 0.29) is 46.3 Å². The predicted octanol–water partition coefficient (Wildman–Crippen LogP) is 5.57. The highest BCUT2D eigenvalue weighted by molar-refractivity contribution is 6.74. The minimum absolute atomic E-state index is 0.0106. The van der Waals surface area contributed by atoms with Gasteiger partial charge in [0.1, 0.15) is 12.2 Å². The average Bonchev–Trinajstić information content (AvgIpc) is 3.38. The lowest BCUT2D eigenvalue weighted by molar-refractivity contribution is -0.156. The largest absolute Gasteiger partial charge is 0.410 e. The Bertz CT molecular complexity index is 862. The van der Waals surface area contributed by atoms with Crippen molar-refractivity contribution in [3.63, 3.8) is 0 Å². The van der Waals surface area contributed by atoms with Gasteiger partial charge in [0.2, 0.25) is 5.91 Å². The van der Waals surface area contributed by atoms with Crippen LogP contribution >= 0.6 is 0 Å². The lowest BCUT2D eigenvalue weighted by Gasteiger charge is -2.43. The van der Waals surface area contributed by atoms with Crippen molar-refractivity contribution in [2.24, 2.45) is 5.92 Å². The van der Waals surface area contributed by atoms with Gasteiger partial charge in [-0.05, 0) is 70.4 Å². The summed E-state index contributed by atoms with van der Waals surface area (Å²) >= 11 is 0. The van der Waals surface area contributed by atoms with Gasteiger partial charge in [-0.15, -0.1) is 0 Å². The molecule has 1 amide bonds. The maximum absolute atomic E-state index is 13.7. The molecule has 3 saturated heterocycles. The second-order valence-electron chi connectivity index (χ2n) is 15.4. The van der Waals surface area contributed by atoms with E-state index in [0.29, 0.717) is 19.6 Å². The van der Waals surface area contributed by atoms with Crippen molar-refractivity contribution in [1.82, 2.24) is 5.32 Å². The standard InChI is InChI=1S/C28H55NO7Si2/c1-25(2,3)37(11,12)35-22(20-16-31-27(7,8)33-20)18-15-19(29-24(18)30)23(21-17-32-28(9,10)34-21)36-38(13,14)26(4,5)6/h18-23H,15-17H2,1-14H3,(H,29,30)/t18-,19+,20-,21+,22-,23-/m0/s1. The molecular formula is C28H55NO7Si2. The SMILES string of the molecule is CC1(C)OC[C@@H]([C@@H](O[Si](C)(C)C(C)(C)C)[C@@H]2C[C@H]([C@H](O[Si](C)(C)C(C)(C)C)[C@H]3COC(C)(C)O3)NC2=O)O1. The van der Waals surface area contributed by atoms with Gasteiger partial charge in [-0.3, -0.25) is 4.79 Å². The van der Waals surface area contributed by atoms with Crippen molar-refractivity contribution in [2.45, 2.75) is 154 Å². The maximum Gasteiger partial charge on any atom is 0.226 e. The third-order valence-corrected chi connectivity index (χ3v) is 18.2. The van der Waals surface area contributed by atoms with Crippen molar-refractivity contribution < 1.29 is 32.6 Å². The molecule has 0 aromatic rings. The van der Waals surface area contributed by atoms with Crippen LogP contribution in [0.15, 0.2) is 0 Å². The van der Waals surface area contributed by atoms with E-state index in [1.54, 1.807) is 0 Å². The van der Waals surface area contributed by atoms with Gasteiger partial charge in [-0.2, -0.15) is 0 Å². The first kappa shape index (κ1) is 32.2. The summed E-state index contributed by atoms with van der Waals surface area (Å²) in [5.41, 5.74) is 0. The van der Waals surface area contributed by atoms with Gasteiger partial charge in [0.15, 0.2) is 28.2 Å². The molecule has 3 aliphatic rings. The Morgan fingerprint density at radius 2 is 1.18 bits per heavy atom. The van der Waals surface area contributed by atoms with Gasteiger partial charge in [0.05, 0.1) is 37.4 Å². The molecule has 3 rings (SSSR count). The van der Waals surface area contributed by atoms with E-state index in [1.807, 2.05) is 27.7 Å². The molecule has 0 spiro atoms. The fourth-order valence-corrected chi connectivity index (χ4v) is 7.55. The minimum atomic E-state index is -2.22. The zero-order valence-corrected chi connectivity index (χ0v) is 28.4. The van der Waals surface area contributed by atoms with Gasteiger partial charge in [-0.1, -0.05) is 41.5 Å². The number of hydrogen-bond acceptors (Lipinski definition) is 7. The molecule has 1 N–H and O–H groups in total. The molecule has 38 heavy (non-hydrogen) atoms. The Morgan fingerprint density at radius 3 is 1.55 bits per heavy atom. The Balaban J connectivity index is 1.92. The average molecular weight is 574 g/mol. The van der Waals surface area contributed by atoms with Crippen LogP contribution in [0.5, 0.6) is 0 Å². The summed E-state index contributed by atoms with van der Waals surface area (Å²) in [5, 5.41) is 3.29. The third kappa shape index (κ3) is 7.10. The van der Waals surface area contributed by atoms with Crippen LogP contribution in [0.25, 0.3) is 0 Å². The Kier molecular flexibility index (Phi) is 8.89. The summed E-state index contributed by atoms with van der Waals surface area (Å²) in [5.74, 6) is -1.79. The summed E-state index contributed by atoms with van der Waals surface area (Å²) in [7, 11) is -4.40. The molecule has 0 aliphatic carbocycles. The first-order chi connectivity index (χ1) is 16.9. The smallest absolute Gasteiger partial charge is 0.226 e. The van der Waals surface area contributed by atoms with Gasteiger partial charge < -0.3 is 33.1 Å². The zero-order chi connectivity index (χ0) is 29.1. The number of carbonyl (C=O) groups is 1. The van der Waals surface area contributed by atoms with E-state index >= 15 is 0 Å². The number of rotatable bonds is 8. The Hall–Kier alpha value is -0.336. The summed E-state index contributed by atoms with van der Waals surface area (Å²) in [4.78, 5) is 13.7. The Morgan fingerprint density at radius 1 is 0.789 bits per heavy atom. The number of carbonyl (C=O) groups excluding carboxylic acids is 1. The topological polar surface area (TPSA) is 84.5 Å². The van der Waals surface area contributed by atoms with Crippen molar-refractivity contribution in [3.8, 4) is 0 Å². The van der Waals surface area contributed by atoms with Gasteiger partial charge in [0.25, 0.3) is 0 Å². The van der Waals surface area contributed by atoms with Crippen LogP contribution in [0, 0.1) is 5.92 Å². The lowest BCUT2D eigenvalue weighted by atomic mass is 9.92. The fourth-order valence-electron chi connectivity index (χ4n) is 4.85. The molecule has 3 aliphatic heterocycles. The highest BCUT2D eigenvalue weighted by Crippen LogP contribution is 2.44. The molecule has 0 aromatic carbocycles. The van der Waals surface area contributed by atoms with E-state index in [0.717, 1.165) is 0 Å². The normalized spacial score (nSPS) is 31.9. The quantitative estimate of drug-likeness (QED) is 0.380. The first-order valence-corrected chi connectivity index (χ1v) is 20.1. The monoisotopic (exact) mass is 573 g/mol. The molecule has 3 fully saturated rings. The molecule has 10 heteroatoms. The minimum Gasteiger partial charge on any atom is -0.410 e. The first-order valence-electron chi connectivity index (χ1n) is 14.2. The van der Waals surface area contributed by atoms with E-state index in [2.05, 4.69) is 73.0 Å². The van der Waals surface area contributed by atoms with Crippen LogP contribution in [0.4, 0.5) is 0 Å². The van der Waals surface area contributed by atoms with E-state index in [4.69, 9.17) is 27.8 Å². The van der Waals surface area contributed by atoms with Crippen molar-refractivity contribution in [2.75, 3.05) is 13.2 Å². The van der Waals surface area contributed by atoms with Gasteiger partial charge in [0, 0.05) is 0 Å². The summed E-state index contributed by atoms with van der Waals surface area (Å²) in [6.07, 6.45) is -0.741. The molecule has 3 heterocycles. The van der Waals surface area contributed by atoms with Crippen LogP contribution < -0.4 is 5.32 Å². The van der Waals surface area contributed by atoms with Crippen LogP contribution in [0.3, 0.4) is 0 Å². The van der Waals surface area contributed by atoms with Crippen molar-refractivity contribution in [1.29, 1.82) is 0 Å². The van der Waals surface area contributed by atoms with Crippen LogP contribution in [-0.2, 0) is 32.6 Å². The van der Waals surface area contributed by atoms with Gasteiger partial charge in [-0.25, -0.2) is 0 Å². The molecular weight excluding hydrogens is 518 g/mol. The van der Waals surface area contributed by atoms with Crippen LogP contribution in [0.2, 0.25) is 36.3 Å². The molecule has 0 bridgehead atoms. The van der Waals surface area contributed by atoms with E-state index in [1.165, 1.54) is 0 Å². The number of nitrogens with one attached hydrogen (secondary N) is 1. The number of hydrogen-bond donors (Lipinski definition) is 1. The molecule has 8 nitrogen and oxygen atoms in total. The summed E-state index contributed by atoms with van der Waals surface area (Å²) in [6, 6.07) is -0.218. The third-order valence-electron chi connectivity index (χ3n) is 9.23. The molecule has 222 valence electrons. The summed E-state index contributed by atoms with van der Waals surface area (Å²) in [6.45, 7) is 30.8. The van der Waals surface area contributed by atoms with E-state index < -0.39 is 34.3 Å². The summed E-state index contributed by atoms with van der Waals surface area (Å²) < 4.78 is 38.5. The maximum atomic E-state index is 13.7. The second-order valence-corrected chi connectivity index (χ2v) is 24.9.